The van der Waals surface area contributed by atoms with Crippen molar-refractivity contribution in [3.8, 4) is 11.5 Å². The Balaban J connectivity index is 1.92. The van der Waals surface area contributed by atoms with Gasteiger partial charge in [0.2, 0.25) is 5.89 Å². The molecule has 0 radical (unpaired) electrons. The van der Waals surface area contributed by atoms with Crippen LogP contribution in [0, 0.1) is 0 Å². The lowest BCUT2D eigenvalue weighted by atomic mass is 10.1. The Morgan fingerprint density at radius 3 is 2.71 bits per heavy atom. The highest BCUT2D eigenvalue weighted by atomic mass is 35.6. The highest BCUT2D eigenvalue weighted by molar-refractivity contribution is 6.76. The zero-order valence-electron chi connectivity index (χ0n) is 12.6. The van der Waals surface area contributed by atoms with E-state index in [2.05, 4.69) is 17.2 Å². The molecule has 0 saturated carbocycles. The third kappa shape index (κ3) is 3.66. The Hall–Kier alpha value is -1.75. The monoisotopic (exact) mass is 382 g/mol. The van der Waals surface area contributed by atoms with E-state index in [0.717, 1.165) is 11.9 Å². The summed E-state index contributed by atoms with van der Waals surface area (Å²) in [5.41, 5.74) is 3.88. The number of anilines is 1. The minimum Gasteiger partial charge on any atom is -0.436 e. The van der Waals surface area contributed by atoms with Crippen LogP contribution in [0.1, 0.15) is 12.5 Å². The van der Waals surface area contributed by atoms with Crippen molar-refractivity contribution in [2.24, 2.45) is 0 Å². The van der Waals surface area contributed by atoms with Gasteiger partial charge in [-0.05, 0) is 42.3 Å². The molecule has 0 spiro atoms. The van der Waals surface area contributed by atoms with Gasteiger partial charge in [0.05, 0.1) is 0 Å². The van der Waals surface area contributed by atoms with Gasteiger partial charge in [0.15, 0.2) is 5.58 Å². The van der Waals surface area contributed by atoms with Gasteiger partial charge in [0, 0.05) is 11.3 Å². The first-order valence-corrected chi connectivity index (χ1v) is 8.38. The number of aromatic nitrogens is 1. The van der Waals surface area contributed by atoms with E-state index in [0.29, 0.717) is 22.7 Å². The van der Waals surface area contributed by atoms with Crippen LogP contribution in [-0.2, 0) is 11.2 Å². The first-order chi connectivity index (χ1) is 11.4. The van der Waals surface area contributed by atoms with Crippen LogP contribution in [0.3, 0.4) is 0 Å². The molecule has 7 heteroatoms. The molecule has 3 aromatic rings. The Kier molecular flexibility index (Phi) is 4.72. The second kappa shape index (κ2) is 6.63. The van der Waals surface area contributed by atoms with Crippen LogP contribution >= 0.6 is 34.8 Å². The van der Waals surface area contributed by atoms with E-state index in [4.69, 9.17) is 39.2 Å². The van der Waals surface area contributed by atoms with Crippen LogP contribution in [0.5, 0.6) is 0 Å². The van der Waals surface area contributed by atoms with Crippen molar-refractivity contribution >= 4 is 57.5 Å². The van der Waals surface area contributed by atoms with Gasteiger partial charge >= 0.3 is 0 Å². The van der Waals surface area contributed by atoms with E-state index in [1.807, 2.05) is 24.3 Å². The molecular weight excluding hydrogens is 371 g/mol. The summed E-state index contributed by atoms with van der Waals surface area (Å²) in [6.45, 7) is 2.08. The second-order valence-corrected chi connectivity index (χ2v) is 7.49. The molecule has 1 heterocycles. The summed E-state index contributed by atoms with van der Waals surface area (Å²) in [5.74, 6) is -0.266. The highest BCUT2D eigenvalue weighted by Gasteiger charge is 2.30. The second-order valence-electron chi connectivity index (χ2n) is 5.21. The number of carbonyl (C=O) groups is 1. The number of nitrogens with one attached hydrogen (secondary N) is 1. The van der Waals surface area contributed by atoms with Crippen molar-refractivity contribution in [3.63, 3.8) is 0 Å². The average Bonchev–Trinajstić information content (AvgIpc) is 2.97. The van der Waals surface area contributed by atoms with Crippen molar-refractivity contribution in [1.82, 2.24) is 4.98 Å². The number of halogens is 3. The maximum Gasteiger partial charge on any atom is 0.276 e. The number of nitrogens with zero attached hydrogens (tertiary/aromatic N) is 1. The van der Waals surface area contributed by atoms with Gasteiger partial charge in [-0.15, -0.1) is 0 Å². The fraction of sp³-hybridized carbons (Fsp3) is 0.176. The summed E-state index contributed by atoms with van der Waals surface area (Å²) < 4.78 is 3.76. The van der Waals surface area contributed by atoms with E-state index in [1.165, 1.54) is 5.56 Å². The van der Waals surface area contributed by atoms with E-state index in [1.54, 1.807) is 18.2 Å². The van der Waals surface area contributed by atoms with E-state index in [9.17, 15) is 4.79 Å². The SMILES string of the molecule is CCc1ccc2oc(-c3cccc(NC(=O)C(Cl)(Cl)Cl)c3)nc2c1. The molecule has 2 aromatic carbocycles. The molecule has 1 N–H and O–H groups in total. The van der Waals surface area contributed by atoms with Crippen LogP contribution < -0.4 is 5.32 Å². The summed E-state index contributed by atoms with van der Waals surface area (Å²) in [6, 6.07) is 12.9. The molecule has 24 heavy (non-hydrogen) atoms. The van der Waals surface area contributed by atoms with Crippen LogP contribution in [0.25, 0.3) is 22.6 Å². The summed E-state index contributed by atoms with van der Waals surface area (Å²) in [7, 11) is 0. The first kappa shape index (κ1) is 17.1. The topological polar surface area (TPSA) is 55.1 Å². The molecule has 3 rings (SSSR count). The molecule has 4 nitrogen and oxygen atoms in total. The Bertz CT molecular complexity index is 900. The summed E-state index contributed by atoms with van der Waals surface area (Å²) in [4.78, 5) is 16.3. The van der Waals surface area contributed by atoms with Crippen molar-refractivity contribution in [3.05, 3.63) is 48.0 Å². The third-order valence-electron chi connectivity index (χ3n) is 3.49. The van der Waals surface area contributed by atoms with Gasteiger partial charge in [-0.25, -0.2) is 4.98 Å². The van der Waals surface area contributed by atoms with Gasteiger partial charge in [-0.1, -0.05) is 53.9 Å². The number of rotatable bonds is 3. The van der Waals surface area contributed by atoms with Crippen LogP contribution in [0.15, 0.2) is 46.9 Å². The Labute approximate surface area is 153 Å². The number of aryl methyl sites for hydroxylation is 1. The molecule has 124 valence electrons. The number of hydrogen-bond acceptors (Lipinski definition) is 3. The number of hydrogen-bond donors (Lipinski definition) is 1. The van der Waals surface area contributed by atoms with Gasteiger partial charge in [0.25, 0.3) is 9.70 Å². The van der Waals surface area contributed by atoms with Crippen LogP contribution in [0.2, 0.25) is 0 Å². The zero-order chi connectivity index (χ0) is 17.3. The fourth-order valence-corrected chi connectivity index (χ4v) is 2.39. The average molecular weight is 384 g/mol. The maximum absolute atomic E-state index is 11.7. The lowest BCUT2D eigenvalue weighted by Gasteiger charge is -2.11. The van der Waals surface area contributed by atoms with Crippen LogP contribution in [0.4, 0.5) is 5.69 Å². The van der Waals surface area contributed by atoms with E-state index < -0.39 is 9.70 Å². The Morgan fingerprint density at radius 1 is 1.21 bits per heavy atom. The van der Waals surface area contributed by atoms with Crippen LogP contribution in [-0.4, -0.2) is 14.7 Å². The standard InChI is InChI=1S/C17H13Cl3N2O2/c1-2-10-6-7-14-13(8-10)22-15(24-14)11-4-3-5-12(9-11)21-16(23)17(18,19)20/h3-9H,2H2,1H3,(H,21,23). The molecule has 0 fully saturated rings. The number of oxazole rings is 1. The molecule has 0 atom stereocenters. The minimum atomic E-state index is -2.02. The fourth-order valence-electron chi connectivity index (χ4n) is 2.25. The maximum atomic E-state index is 11.7. The van der Waals surface area contributed by atoms with Crippen molar-refractivity contribution < 1.29 is 9.21 Å². The highest BCUT2D eigenvalue weighted by Crippen LogP contribution is 2.30. The quantitative estimate of drug-likeness (QED) is 0.619. The number of benzene rings is 2. The molecule has 1 amide bonds. The minimum absolute atomic E-state index is 0.461. The predicted molar refractivity (Wildman–Crippen MR) is 97.7 cm³/mol. The molecule has 0 aliphatic carbocycles. The summed E-state index contributed by atoms with van der Waals surface area (Å²) >= 11 is 16.7. The van der Waals surface area contributed by atoms with E-state index in [-0.39, 0.29) is 0 Å². The number of amides is 1. The molecule has 0 aliphatic rings. The summed E-state index contributed by atoms with van der Waals surface area (Å²) in [5, 5.41) is 2.54. The summed E-state index contributed by atoms with van der Waals surface area (Å²) in [6.07, 6.45) is 0.927. The molecule has 0 aliphatic heterocycles. The molecule has 0 bridgehead atoms. The lowest BCUT2D eigenvalue weighted by Crippen LogP contribution is -2.26. The van der Waals surface area contributed by atoms with Gasteiger partial charge < -0.3 is 9.73 Å². The van der Waals surface area contributed by atoms with Gasteiger partial charge in [-0.2, -0.15) is 0 Å². The smallest absolute Gasteiger partial charge is 0.276 e. The predicted octanol–water partition coefficient (Wildman–Crippen LogP) is 5.37. The normalized spacial score (nSPS) is 11.7. The number of alkyl halides is 3. The number of carbonyl (C=O) groups excluding carboxylic acids is 1. The first-order valence-electron chi connectivity index (χ1n) is 7.25. The molecule has 0 unspecified atom stereocenters. The zero-order valence-corrected chi connectivity index (χ0v) is 14.9. The number of fused-ring (bicyclic) bond motifs is 1. The van der Waals surface area contributed by atoms with Gasteiger partial charge in [0.1, 0.15) is 5.52 Å². The van der Waals surface area contributed by atoms with Crippen molar-refractivity contribution in [1.29, 1.82) is 0 Å². The van der Waals surface area contributed by atoms with Gasteiger partial charge in [-0.3, -0.25) is 4.79 Å². The molecule has 0 saturated heterocycles. The van der Waals surface area contributed by atoms with Crippen molar-refractivity contribution in [2.45, 2.75) is 17.1 Å². The largest absolute Gasteiger partial charge is 0.436 e. The lowest BCUT2D eigenvalue weighted by molar-refractivity contribution is -0.115. The Morgan fingerprint density at radius 2 is 2.00 bits per heavy atom. The van der Waals surface area contributed by atoms with E-state index >= 15 is 0 Å². The molecular formula is C17H13Cl3N2O2. The van der Waals surface area contributed by atoms with Crippen molar-refractivity contribution in [2.75, 3.05) is 5.32 Å². The third-order valence-corrected chi connectivity index (χ3v) is 4.00. The molecule has 1 aromatic heterocycles.